The Hall–Kier alpha value is -2.83. The number of anilines is 1. The minimum absolute atomic E-state index is 0.0715. The lowest BCUT2D eigenvalue weighted by Gasteiger charge is -2.14. The van der Waals surface area contributed by atoms with Crippen molar-refractivity contribution in [3.63, 3.8) is 0 Å². The van der Waals surface area contributed by atoms with Crippen molar-refractivity contribution in [2.75, 3.05) is 18.4 Å². The lowest BCUT2D eigenvalue weighted by Crippen LogP contribution is -2.31. The van der Waals surface area contributed by atoms with E-state index in [1.54, 1.807) is 6.20 Å². The Morgan fingerprint density at radius 1 is 1.16 bits per heavy atom. The number of imide groups is 1. The summed E-state index contributed by atoms with van der Waals surface area (Å²) in [5.41, 5.74) is 1.66. The average Bonchev–Trinajstić information content (AvgIpc) is 2.97. The lowest BCUT2D eigenvalue weighted by molar-refractivity contribution is -0.138. The van der Waals surface area contributed by atoms with Crippen LogP contribution in [0.3, 0.4) is 0 Å². The summed E-state index contributed by atoms with van der Waals surface area (Å²) >= 11 is 0. The average molecular weight is 339 g/mol. The maximum Gasteiger partial charge on any atom is 0.229 e. The largest absolute Gasteiger partial charge is 0.370 e. The molecule has 0 aliphatic carbocycles. The summed E-state index contributed by atoms with van der Waals surface area (Å²) in [4.78, 5) is 37.9. The van der Waals surface area contributed by atoms with Crippen LogP contribution in [0.5, 0.6) is 0 Å². The van der Waals surface area contributed by atoms with E-state index in [1.165, 1.54) is 4.90 Å². The summed E-state index contributed by atoms with van der Waals surface area (Å²) in [7, 11) is 0. The summed E-state index contributed by atoms with van der Waals surface area (Å²) in [6, 6.07) is 7.55. The van der Waals surface area contributed by atoms with Gasteiger partial charge in [-0.1, -0.05) is 13.0 Å². The Morgan fingerprint density at radius 3 is 2.64 bits per heavy atom. The second-order valence-corrected chi connectivity index (χ2v) is 5.86. The van der Waals surface area contributed by atoms with Gasteiger partial charge < -0.3 is 5.32 Å². The van der Waals surface area contributed by atoms with Gasteiger partial charge in [0, 0.05) is 43.9 Å². The van der Waals surface area contributed by atoms with Crippen molar-refractivity contribution >= 4 is 17.6 Å². The topological polar surface area (TPSA) is 88.1 Å². The molecule has 1 N–H and O–H groups in total. The Labute approximate surface area is 146 Å². The number of nitrogens with zero attached hydrogens (tertiary/aromatic N) is 4. The molecular formula is C18H21N5O2. The number of likely N-dealkylation sites (tertiary alicyclic amines) is 1. The standard InChI is InChI=1S/C18H21N5O2/c1-2-13-12-15(22-18(21-13)14-6-3-4-9-19-14)20-10-5-11-23-16(24)7-8-17(23)25/h3-4,6,9,12H,2,5,7-8,10-11H2,1H3,(H,20,21,22). The van der Waals surface area contributed by atoms with Gasteiger partial charge in [-0.2, -0.15) is 0 Å². The van der Waals surface area contributed by atoms with Crippen LogP contribution in [0.25, 0.3) is 11.5 Å². The molecule has 0 aromatic carbocycles. The monoisotopic (exact) mass is 339 g/mol. The van der Waals surface area contributed by atoms with Crippen LogP contribution in [0.15, 0.2) is 30.5 Å². The highest BCUT2D eigenvalue weighted by Gasteiger charge is 2.27. The molecule has 0 bridgehead atoms. The molecule has 0 unspecified atom stereocenters. The van der Waals surface area contributed by atoms with Gasteiger partial charge in [0.2, 0.25) is 11.8 Å². The van der Waals surface area contributed by atoms with E-state index >= 15 is 0 Å². The fraction of sp³-hybridized carbons (Fsp3) is 0.389. The molecule has 2 aromatic heterocycles. The highest BCUT2D eigenvalue weighted by molar-refractivity contribution is 6.01. The Morgan fingerprint density at radius 2 is 1.96 bits per heavy atom. The van der Waals surface area contributed by atoms with Crippen LogP contribution in [0.4, 0.5) is 5.82 Å². The second-order valence-electron chi connectivity index (χ2n) is 5.86. The van der Waals surface area contributed by atoms with E-state index in [0.29, 0.717) is 38.2 Å². The smallest absolute Gasteiger partial charge is 0.229 e. The zero-order valence-corrected chi connectivity index (χ0v) is 14.2. The molecule has 1 aliphatic rings. The predicted octanol–water partition coefficient (Wildman–Crippen LogP) is 2.05. The zero-order chi connectivity index (χ0) is 17.6. The summed E-state index contributed by atoms with van der Waals surface area (Å²) in [6.07, 6.45) is 3.88. The van der Waals surface area contributed by atoms with Gasteiger partial charge in [-0.15, -0.1) is 0 Å². The zero-order valence-electron chi connectivity index (χ0n) is 14.2. The van der Waals surface area contributed by atoms with Crippen LogP contribution < -0.4 is 5.32 Å². The molecule has 1 fully saturated rings. The Balaban J connectivity index is 1.62. The fourth-order valence-electron chi connectivity index (χ4n) is 2.70. The minimum atomic E-state index is -0.0715. The number of hydrogen-bond acceptors (Lipinski definition) is 6. The molecule has 3 rings (SSSR count). The molecule has 1 aliphatic heterocycles. The van der Waals surface area contributed by atoms with Gasteiger partial charge in [0.1, 0.15) is 11.5 Å². The van der Waals surface area contributed by atoms with Crippen molar-refractivity contribution in [1.82, 2.24) is 19.9 Å². The first-order chi connectivity index (χ1) is 12.2. The van der Waals surface area contributed by atoms with E-state index in [9.17, 15) is 9.59 Å². The number of aryl methyl sites for hydroxylation is 1. The maximum atomic E-state index is 11.6. The first-order valence-electron chi connectivity index (χ1n) is 8.54. The maximum absolute atomic E-state index is 11.6. The number of amides is 2. The van der Waals surface area contributed by atoms with Gasteiger partial charge in [0.05, 0.1) is 0 Å². The third-order valence-electron chi connectivity index (χ3n) is 4.05. The molecular weight excluding hydrogens is 318 g/mol. The third kappa shape index (κ3) is 4.17. The quantitative estimate of drug-likeness (QED) is 0.613. The molecule has 3 heterocycles. The number of carbonyl (C=O) groups is 2. The van der Waals surface area contributed by atoms with Crippen LogP contribution in [-0.2, 0) is 16.0 Å². The third-order valence-corrected chi connectivity index (χ3v) is 4.05. The molecule has 0 atom stereocenters. The first kappa shape index (κ1) is 17.0. The first-order valence-corrected chi connectivity index (χ1v) is 8.54. The molecule has 7 nitrogen and oxygen atoms in total. The Bertz CT molecular complexity index is 747. The fourth-order valence-corrected chi connectivity index (χ4v) is 2.70. The number of pyridine rings is 1. The molecule has 1 saturated heterocycles. The van der Waals surface area contributed by atoms with Gasteiger partial charge in [-0.05, 0) is 25.0 Å². The normalized spacial score (nSPS) is 14.2. The van der Waals surface area contributed by atoms with Crippen molar-refractivity contribution < 1.29 is 9.59 Å². The van der Waals surface area contributed by atoms with Crippen LogP contribution in [0, 0.1) is 0 Å². The second kappa shape index (κ2) is 7.83. The molecule has 7 heteroatoms. The van der Waals surface area contributed by atoms with E-state index in [-0.39, 0.29) is 11.8 Å². The number of aromatic nitrogens is 3. The number of carbonyl (C=O) groups excluding carboxylic acids is 2. The van der Waals surface area contributed by atoms with E-state index in [2.05, 4.69) is 20.3 Å². The number of rotatable bonds is 7. The van der Waals surface area contributed by atoms with Crippen LogP contribution in [0.1, 0.15) is 31.9 Å². The van der Waals surface area contributed by atoms with Crippen LogP contribution in [-0.4, -0.2) is 44.8 Å². The van der Waals surface area contributed by atoms with Crippen LogP contribution >= 0.6 is 0 Å². The Kier molecular flexibility index (Phi) is 5.33. The lowest BCUT2D eigenvalue weighted by atomic mass is 10.2. The molecule has 25 heavy (non-hydrogen) atoms. The van der Waals surface area contributed by atoms with Gasteiger partial charge in [-0.3, -0.25) is 19.5 Å². The van der Waals surface area contributed by atoms with E-state index in [0.717, 1.165) is 23.6 Å². The van der Waals surface area contributed by atoms with E-state index < -0.39 is 0 Å². The molecule has 130 valence electrons. The number of hydrogen-bond donors (Lipinski definition) is 1. The summed E-state index contributed by atoms with van der Waals surface area (Å²) < 4.78 is 0. The van der Waals surface area contributed by atoms with Crippen molar-refractivity contribution in [2.24, 2.45) is 0 Å². The molecule has 0 spiro atoms. The molecule has 0 saturated carbocycles. The van der Waals surface area contributed by atoms with Crippen molar-refractivity contribution in [2.45, 2.75) is 32.6 Å². The molecule has 2 aromatic rings. The van der Waals surface area contributed by atoms with E-state index in [4.69, 9.17) is 0 Å². The predicted molar refractivity (Wildman–Crippen MR) is 93.7 cm³/mol. The van der Waals surface area contributed by atoms with Gasteiger partial charge in [-0.25, -0.2) is 9.97 Å². The number of nitrogens with one attached hydrogen (secondary N) is 1. The summed E-state index contributed by atoms with van der Waals surface area (Å²) in [5.74, 6) is 1.18. The SMILES string of the molecule is CCc1cc(NCCCN2C(=O)CCC2=O)nc(-c2ccccn2)n1. The van der Waals surface area contributed by atoms with Crippen LogP contribution in [0.2, 0.25) is 0 Å². The highest BCUT2D eigenvalue weighted by atomic mass is 16.2. The minimum Gasteiger partial charge on any atom is -0.370 e. The highest BCUT2D eigenvalue weighted by Crippen LogP contribution is 2.16. The molecule has 0 radical (unpaired) electrons. The summed E-state index contributed by atoms with van der Waals surface area (Å²) in [6.45, 7) is 3.11. The van der Waals surface area contributed by atoms with Gasteiger partial charge in [0.25, 0.3) is 0 Å². The van der Waals surface area contributed by atoms with Crippen molar-refractivity contribution in [3.8, 4) is 11.5 Å². The van der Waals surface area contributed by atoms with Gasteiger partial charge >= 0.3 is 0 Å². The van der Waals surface area contributed by atoms with Gasteiger partial charge in [0.15, 0.2) is 5.82 Å². The summed E-state index contributed by atoms with van der Waals surface area (Å²) in [5, 5.41) is 3.25. The van der Waals surface area contributed by atoms with E-state index in [1.807, 2.05) is 31.2 Å². The molecule has 2 amide bonds. The van der Waals surface area contributed by atoms with Crippen molar-refractivity contribution in [1.29, 1.82) is 0 Å². The van der Waals surface area contributed by atoms with Crippen molar-refractivity contribution in [3.05, 3.63) is 36.2 Å².